The lowest BCUT2D eigenvalue weighted by Gasteiger charge is -2.20. The predicted octanol–water partition coefficient (Wildman–Crippen LogP) is 4.06. The van der Waals surface area contributed by atoms with Gasteiger partial charge in [0.05, 0.1) is 12.7 Å². The molecule has 0 radical (unpaired) electrons. The molecule has 0 aliphatic heterocycles. The third kappa shape index (κ3) is 3.04. The highest BCUT2D eigenvalue weighted by atomic mass is 16.5. The van der Waals surface area contributed by atoms with Crippen LogP contribution in [0.15, 0.2) is 28.8 Å². The van der Waals surface area contributed by atoms with Crippen molar-refractivity contribution in [2.45, 2.75) is 38.5 Å². The first kappa shape index (κ1) is 14.0. The van der Waals surface area contributed by atoms with Crippen molar-refractivity contribution in [3.63, 3.8) is 0 Å². The second kappa shape index (κ2) is 6.20. The van der Waals surface area contributed by atoms with Crippen LogP contribution in [-0.4, -0.2) is 12.3 Å². The van der Waals surface area contributed by atoms with Gasteiger partial charge < -0.3 is 15.0 Å². The Morgan fingerprint density at radius 2 is 1.90 bits per heavy atom. The van der Waals surface area contributed by atoms with Gasteiger partial charge in [0.2, 0.25) is 0 Å². The van der Waals surface area contributed by atoms with E-state index >= 15 is 0 Å². The maximum absolute atomic E-state index is 6.01. The molecule has 1 aromatic heterocycles. The van der Waals surface area contributed by atoms with E-state index < -0.39 is 0 Å². The quantitative estimate of drug-likeness (QED) is 0.920. The normalized spacial score (nSPS) is 16.0. The number of nitrogens with two attached hydrogens (primary N) is 1. The number of nitrogen functional groups attached to an aromatic ring is 1. The van der Waals surface area contributed by atoms with E-state index in [-0.39, 0.29) is 0 Å². The third-order valence-electron chi connectivity index (χ3n) is 4.37. The van der Waals surface area contributed by atoms with Gasteiger partial charge in [-0.15, -0.1) is 0 Å². The zero-order chi connectivity index (χ0) is 14.7. The number of hydrogen-bond donors (Lipinski definition) is 1. The number of anilines is 1. The van der Waals surface area contributed by atoms with Crippen molar-refractivity contribution in [2.75, 3.05) is 12.8 Å². The molecular weight excluding hydrogens is 264 g/mol. The Hall–Kier alpha value is -1.97. The molecule has 112 valence electrons. The molecule has 2 aromatic rings. The molecule has 1 fully saturated rings. The first-order chi connectivity index (χ1) is 10.3. The van der Waals surface area contributed by atoms with E-state index in [1.807, 2.05) is 24.3 Å². The van der Waals surface area contributed by atoms with E-state index in [2.05, 4.69) is 5.16 Å². The van der Waals surface area contributed by atoms with Gasteiger partial charge in [0.25, 0.3) is 0 Å². The van der Waals surface area contributed by atoms with E-state index in [1.165, 1.54) is 32.1 Å². The lowest BCUT2D eigenvalue weighted by Crippen LogP contribution is -2.09. The number of ether oxygens (including phenoxy) is 1. The lowest BCUT2D eigenvalue weighted by atomic mass is 9.85. The molecule has 1 heterocycles. The molecule has 0 unspecified atom stereocenters. The average Bonchev–Trinajstić information content (AvgIpc) is 2.89. The number of aromatic nitrogens is 1. The van der Waals surface area contributed by atoms with Gasteiger partial charge in [0.1, 0.15) is 11.5 Å². The van der Waals surface area contributed by atoms with Gasteiger partial charge in [-0.1, -0.05) is 49.4 Å². The van der Waals surface area contributed by atoms with E-state index in [0.29, 0.717) is 11.7 Å². The molecular formula is C17H22N2O2. The highest BCUT2D eigenvalue weighted by Gasteiger charge is 2.21. The maximum atomic E-state index is 6.01. The van der Waals surface area contributed by atoms with Gasteiger partial charge in [-0.25, -0.2) is 0 Å². The van der Waals surface area contributed by atoms with Crippen LogP contribution in [0.4, 0.5) is 5.82 Å². The van der Waals surface area contributed by atoms with Gasteiger partial charge in [-0.05, 0) is 23.6 Å². The van der Waals surface area contributed by atoms with E-state index in [0.717, 1.165) is 29.1 Å². The summed E-state index contributed by atoms with van der Waals surface area (Å²) in [5.41, 5.74) is 8.00. The molecule has 21 heavy (non-hydrogen) atoms. The van der Waals surface area contributed by atoms with Crippen molar-refractivity contribution in [2.24, 2.45) is 5.92 Å². The molecule has 0 bridgehead atoms. The monoisotopic (exact) mass is 286 g/mol. The van der Waals surface area contributed by atoms with Gasteiger partial charge in [-0.3, -0.25) is 0 Å². The molecule has 4 heteroatoms. The van der Waals surface area contributed by atoms with Crippen molar-refractivity contribution < 1.29 is 9.26 Å². The summed E-state index contributed by atoms with van der Waals surface area (Å²) in [5.74, 6) is 2.93. The summed E-state index contributed by atoms with van der Waals surface area (Å²) in [5, 5.41) is 3.97. The van der Waals surface area contributed by atoms with Gasteiger partial charge >= 0.3 is 0 Å². The van der Waals surface area contributed by atoms with Gasteiger partial charge in [0.15, 0.2) is 5.82 Å². The number of rotatable bonds is 4. The van der Waals surface area contributed by atoms with Crippen LogP contribution in [0, 0.1) is 5.92 Å². The van der Waals surface area contributed by atoms with Crippen LogP contribution in [0.3, 0.4) is 0 Å². The first-order valence-corrected chi connectivity index (χ1v) is 7.66. The molecule has 0 spiro atoms. The van der Waals surface area contributed by atoms with Crippen LogP contribution in [-0.2, 0) is 6.42 Å². The first-order valence-electron chi connectivity index (χ1n) is 7.66. The summed E-state index contributed by atoms with van der Waals surface area (Å²) in [6, 6.07) is 7.89. The Kier molecular flexibility index (Phi) is 4.13. The van der Waals surface area contributed by atoms with Crippen molar-refractivity contribution in [1.29, 1.82) is 0 Å². The van der Waals surface area contributed by atoms with E-state index in [4.69, 9.17) is 15.0 Å². The fraction of sp³-hybridized carbons (Fsp3) is 0.471. The summed E-state index contributed by atoms with van der Waals surface area (Å²) in [6.45, 7) is 0. The Morgan fingerprint density at radius 3 is 2.57 bits per heavy atom. The second-order valence-electron chi connectivity index (χ2n) is 5.80. The van der Waals surface area contributed by atoms with Crippen molar-refractivity contribution in [1.82, 2.24) is 5.16 Å². The zero-order valence-electron chi connectivity index (χ0n) is 12.5. The summed E-state index contributed by atoms with van der Waals surface area (Å²) >= 11 is 0. The average molecular weight is 286 g/mol. The molecule has 3 rings (SSSR count). The Labute approximate surface area is 125 Å². The van der Waals surface area contributed by atoms with Crippen LogP contribution >= 0.6 is 0 Å². The van der Waals surface area contributed by atoms with Crippen LogP contribution < -0.4 is 10.5 Å². The Morgan fingerprint density at radius 1 is 1.19 bits per heavy atom. The molecule has 4 nitrogen and oxygen atoms in total. The summed E-state index contributed by atoms with van der Waals surface area (Å²) in [7, 11) is 1.66. The minimum absolute atomic E-state index is 0.478. The van der Waals surface area contributed by atoms with Crippen molar-refractivity contribution in [3.05, 3.63) is 30.0 Å². The summed E-state index contributed by atoms with van der Waals surface area (Å²) in [4.78, 5) is 0. The largest absolute Gasteiger partial charge is 0.497 e. The van der Waals surface area contributed by atoms with Crippen LogP contribution in [0.5, 0.6) is 5.75 Å². The van der Waals surface area contributed by atoms with Gasteiger partial charge in [0, 0.05) is 6.42 Å². The summed E-state index contributed by atoms with van der Waals surface area (Å²) < 4.78 is 10.7. The van der Waals surface area contributed by atoms with Crippen LogP contribution in [0.25, 0.3) is 11.1 Å². The number of nitrogens with zero attached hydrogens (tertiary/aromatic N) is 1. The highest BCUT2D eigenvalue weighted by molar-refractivity contribution is 5.75. The van der Waals surface area contributed by atoms with Gasteiger partial charge in [-0.2, -0.15) is 0 Å². The lowest BCUT2D eigenvalue weighted by molar-refractivity contribution is 0.311. The molecule has 1 saturated carbocycles. The molecule has 1 aromatic carbocycles. The minimum atomic E-state index is 0.478. The minimum Gasteiger partial charge on any atom is -0.497 e. The van der Waals surface area contributed by atoms with E-state index in [9.17, 15) is 0 Å². The standard InChI is InChI=1S/C17H22N2O2/c1-20-14-9-7-13(8-10-14)16-15(21-19-17(16)18)11-12-5-3-2-4-6-12/h7-10,12H,2-6,11H2,1H3,(H2,18,19). The zero-order valence-corrected chi connectivity index (χ0v) is 12.5. The maximum Gasteiger partial charge on any atom is 0.175 e. The number of hydrogen-bond acceptors (Lipinski definition) is 4. The van der Waals surface area contributed by atoms with Crippen LogP contribution in [0.1, 0.15) is 37.9 Å². The molecule has 0 amide bonds. The third-order valence-corrected chi connectivity index (χ3v) is 4.37. The van der Waals surface area contributed by atoms with Crippen molar-refractivity contribution >= 4 is 5.82 Å². The highest BCUT2D eigenvalue weighted by Crippen LogP contribution is 2.35. The Balaban J connectivity index is 1.85. The predicted molar refractivity (Wildman–Crippen MR) is 83.2 cm³/mol. The SMILES string of the molecule is COc1ccc(-c2c(N)noc2CC2CCCCC2)cc1. The Bertz CT molecular complexity index is 583. The summed E-state index contributed by atoms with van der Waals surface area (Å²) in [6.07, 6.45) is 7.51. The van der Waals surface area contributed by atoms with Crippen molar-refractivity contribution in [3.8, 4) is 16.9 Å². The molecule has 2 N–H and O–H groups in total. The number of benzene rings is 1. The fourth-order valence-corrected chi connectivity index (χ4v) is 3.20. The second-order valence-corrected chi connectivity index (χ2v) is 5.80. The molecule has 0 atom stereocenters. The van der Waals surface area contributed by atoms with E-state index in [1.54, 1.807) is 7.11 Å². The topological polar surface area (TPSA) is 61.3 Å². The smallest absolute Gasteiger partial charge is 0.175 e. The fourth-order valence-electron chi connectivity index (χ4n) is 3.20. The molecule has 1 aliphatic carbocycles. The molecule has 1 aliphatic rings. The molecule has 0 saturated heterocycles. The van der Waals surface area contributed by atoms with Crippen LogP contribution in [0.2, 0.25) is 0 Å². The number of methoxy groups -OCH3 is 1.